The fourth-order valence-electron chi connectivity index (χ4n) is 3.56. The maximum atomic E-state index is 12.6. The van der Waals surface area contributed by atoms with Crippen LogP contribution >= 0.6 is 0 Å². The third-order valence-corrected chi connectivity index (χ3v) is 5.14. The molecule has 1 saturated heterocycles. The maximum absolute atomic E-state index is 12.6. The molecule has 0 radical (unpaired) electrons. The smallest absolute Gasteiger partial charge is 0.227 e. The monoisotopic (exact) mass is 405 g/mol. The van der Waals surface area contributed by atoms with E-state index in [4.69, 9.17) is 4.74 Å². The number of carbonyl (C=O) groups is 2. The Balaban J connectivity index is 1.32. The number of amides is 2. The zero-order valence-electron chi connectivity index (χ0n) is 16.7. The van der Waals surface area contributed by atoms with E-state index in [1.165, 1.54) is 0 Å². The van der Waals surface area contributed by atoms with Crippen LogP contribution in [0.25, 0.3) is 11.5 Å². The number of aromatic nitrogens is 3. The molecular formula is C22H23N5O3. The molecule has 1 aliphatic heterocycles. The molecule has 0 spiro atoms. The van der Waals surface area contributed by atoms with Crippen molar-refractivity contribution >= 4 is 17.5 Å². The van der Waals surface area contributed by atoms with Crippen molar-refractivity contribution in [3.63, 3.8) is 0 Å². The lowest BCUT2D eigenvalue weighted by Crippen LogP contribution is -2.34. The number of carbonyl (C=O) groups excluding carboxylic acids is 2. The normalized spacial score (nSPS) is 16.0. The van der Waals surface area contributed by atoms with E-state index in [1.54, 1.807) is 36.5 Å². The molecule has 8 nitrogen and oxygen atoms in total. The highest BCUT2D eigenvalue weighted by Crippen LogP contribution is 2.27. The van der Waals surface area contributed by atoms with Crippen LogP contribution in [0.5, 0.6) is 5.75 Å². The number of benzene rings is 1. The van der Waals surface area contributed by atoms with E-state index < -0.39 is 0 Å². The van der Waals surface area contributed by atoms with Gasteiger partial charge in [-0.2, -0.15) is 0 Å². The predicted octanol–water partition coefficient (Wildman–Crippen LogP) is 2.12. The van der Waals surface area contributed by atoms with Crippen molar-refractivity contribution < 1.29 is 14.3 Å². The van der Waals surface area contributed by atoms with Crippen molar-refractivity contribution in [2.75, 3.05) is 25.1 Å². The molecule has 2 aromatic heterocycles. The van der Waals surface area contributed by atoms with Gasteiger partial charge in [0.05, 0.1) is 13.0 Å². The first-order valence-corrected chi connectivity index (χ1v) is 9.80. The molecule has 0 bridgehead atoms. The molecule has 30 heavy (non-hydrogen) atoms. The Hall–Kier alpha value is -3.68. The van der Waals surface area contributed by atoms with Crippen LogP contribution in [0.15, 0.2) is 61.1 Å². The van der Waals surface area contributed by atoms with Crippen LogP contribution in [0, 0.1) is 5.92 Å². The van der Waals surface area contributed by atoms with Gasteiger partial charge in [-0.15, -0.1) is 0 Å². The first kappa shape index (κ1) is 19.6. The minimum atomic E-state index is -0.363. The van der Waals surface area contributed by atoms with Gasteiger partial charge in [0.15, 0.2) is 5.82 Å². The molecule has 1 unspecified atom stereocenters. The number of ether oxygens (including phenoxy) is 1. The van der Waals surface area contributed by atoms with E-state index in [0.29, 0.717) is 19.6 Å². The van der Waals surface area contributed by atoms with Crippen molar-refractivity contribution in [1.82, 2.24) is 19.9 Å². The molecule has 0 aliphatic carbocycles. The average molecular weight is 405 g/mol. The minimum absolute atomic E-state index is 0.0487. The Labute approximate surface area is 174 Å². The number of pyridine rings is 1. The number of nitrogens with one attached hydrogen (secondary N) is 1. The number of hydrogen-bond donors (Lipinski definition) is 1. The molecule has 1 aliphatic rings. The van der Waals surface area contributed by atoms with Gasteiger partial charge in [0.1, 0.15) is 11.4 Å². The average Bonchev–Trinajstić information content (AvgIpc) is 3.41. The van der Waals surface area contributed by atoms with E-state index in [9.17, 15) is 9.59 Å². The number of rotatable bonds is 7. The fourth-order valence-corrected chi connectivity index (χ4v) is 3.56. The second-order valence-corrected chi connectivity index (χ2v) is 7.05. The summed E-state index contributed by atoms with van der Waals surface area (Å²) in [7, 11) is 1.60. The maximum Gasteiger partial charge on any atom is 0.227 e. The molecule has 8 heteroatoms. The molecule has 4 rings (SSSR count). The van der Waals surface area contributed by atoms with E-state index in [-0.39, 0.29) is 24.2 Å². The highest BCUT2D eigenvalue weighted by Gasteiger charge is 2.34. The second kappa shape index (κ2) is 8.77. The van der Waals surface area contributed by atoms with Crippen LogP contribution in [0.4, 0.5) is 5.69 Å². The van der Waals surface area contributed by atoms with Crippen LogP contribution in [0.3, 0.4) is 0 Å². The van der Waals surface area contributed by atoms with Gasteiger partial charge in [0.25, 0.3) is 0 Å². The van der Waals surface area contributed by atoms with Gasteiger partial charge in [-0.05, 0) is 36.4 Å². The summed E-state index contributed by atoms with van der Waals surface area (Å²) >= 11 is 0. The standard InChI is InChI=1S/C22H23N5O3/c1-30-18-7-5-17(6-8-18)27-15-16(14-20(27)28)22(29)25-11-13-26-12-10-24-21(26)19-4-2-3-9-23-19/h2-10,12,16H,11,13-15H2,1H3,(H,25,29). The number of anilines is 1. The fraction of sp³-hybridized carbons (Fsp3) is 0.273. The van der Waals surface area contributed by atoms with Crippen molar-refractivity contribution in [2.45, 2.75) is 13.0 Å². The largest absolute Gasteiger partial charge is 0.497 e. The van der Waals surface area contributed by atoms with Crippen LogP contribution in [-0.4, -0.2) is 46.5 Å². The Morgan fingerprint density at radius 2 is 2.00 bits per heavy atom. The van der Waals surface area contributed by atoms with E-state index >= 15 is 0 Å². The Morgan fingerprint density at radius 1 is 1.17 bits per heavy atom. The van der Waals surface area contributed by atoms with Crippen LogP contribution < -0.4 is 15.0 Å². The number of imidazole rings is 1. The van der Waals surface area contributed by atoms with Crippen LogP contribution in [-0.2, 0) is 16.1 Å². The highest BCUT2D eigenvalue weighted by molar-refractivity contribution is 6.00. The van der Waals surface area contributed by atoms with E-state index in [1.807, 2.05) is 41.1 Å². The molecule has 0 saturated carbocycles. The third kappa shape index (κ3) is 4.17. The number of hydrogen-bond acceptors (Lipinski definition) is 5. The lowest BCUT2D eigenvalue weighted by atomic mass is 10.1. The Bertz CT molecular complexity index is 1020. The molecule has 3 heterocycles. The molecule has 1 N–H and O–H groups in total. The molecule has 1 atom stereocenters. The second-order valence-electron chi connectivity index (χ2n) is 7.05. The first-order valence-electron chi connectivity index (χ1n) is 9.80. The summed E-state index contributed by atoms with van der Waals surface area (Å²) in [5.41, 5.74) is 1.56. The minimum Gasteiger partial charge on any atom is -0.497 e. The quantitative estimate of drug-likeness (QED) is 0.650. The molecule has 154 valence electrons. The van der Waals surface area contributed by atoms with Gasteiger partial charge in [-0.25, -0.2) is 4.98 Å². The zero-order valence-corrected chi connectivity index (χ0v) is 16.7. The zero-order chi connectivity index (χ0) is 20.9. The summed E-state index contributed by atoms with van der Waals surface area (Å²) in [4.78, 5) is 35.3. The van der Waals surface area contributed by atoms with Gasteiger partial charge in [0.2, 0.25) is 11.8 Å². The Morgan fingerprint density at radius 3 is 2.73 bits per heavy atom. The van der Waals surface area contributed by atoms with Gasteiger partial charge in [0, 0.05) is 50.3 Å². The third-order valence-electron chi connectivity index (χ3n) is 5.14. The van der Waals surface area contributed by atoms with E-state index in [2.05, 4.69) is 15.3 Å². The van der Waals surface area contributed by atoms with Crippen molar-refractivity contribution in [3.05, 3.63) is 61.1 Å². The molecule has 1 fully saturated rings. The van der Waals surface area contributed by atoms with Crippen molar-refractivity contribution in [3.8, 4) is 17.3 Å². The summed E-state index contributed by atoms with van der Waals surface area (Å²) in [6.45, 7) is 1.39. The highest BCUT2D eigenvalue weighted by atomic mass is 16.5. The molecular weight excluding hydrogens is 382 g/mol. The summed E-state index contributed by atoms with van der Waals surface area (Å²) in [5.74, 6) is 0.958. The lowest BCUT2D eigenvalue weighted by molar-refractivity contribution is -0.126. The molecule has 1 aromatic carbocycles. The van der Waals surface area contributed by atoms with Gasteiger partial charge in [-0.1, -0.05) is 6.07 Å². The topological polar surface area (TPSA) is 89.3 Å². The van der Waals surface area contributed by atoms with Gasteiger partial charge in [-0.3, -0.25) is 14.6 Å². The SMILES string of the molecule is COc1ccc(N2CC(C(=O)NCCn3ccnc3-c3ccccn3)CC2=O)cc1. The van der Waals surface area contributed by atoms with Crippen molar-refractivity contribution in [2.24, 2.45) is 5.92 Å². The van der Waals surface area contributed by atoms with Crippen LogP contribution in [0.1, 0.15) is 6.42 Å². The van der Waals surface area contributed by atoms with Crippen LogP contribution in [0.2, 0.25) is 0 Å². The number of nitrogens with zero attached hydrogens (tertiary/aromatic N) is 4. The molecule has 3 aromatic rings. The Kier molecular flexibility index (Phi) is 5.74. The van der Waals surface area contributed by atoms with E-state index in [0.717, 1.165) is 23.0 Å². The van der Waals surface area contributed by atoms with Gasteiger partial charge >= 0.3 is 0 Å². The van der Waals surface area contributed by atoms with Gasteiger partial charge < -0.3 is 19.5 Å². The van der Waals surface area contributed by atoms with Crippen molar-refractivity contribution in [1.29, 1.82) is 0 Å². The summed E-state index contributed by atoms with van der Waals surface area (Å²) in [6.07, 6.45) is 5.51. The molecule has 2 amide bonds. The lowest BCUT2D eigenvalue weighted by Gasteiger charge is -2.17. The predicted molar refractivity (Wildman–Crippen MR) is 112 cm³/mol. The number of methoxy groups -OCH3 is 1. The summed E-state index contributed by atoms with van der Waals surface area (Å²) < 4.78 is 7.10. The summed E-state index contributed by atoms with van der Waals surface area (Å²) in [6, 6.07) is 12.9. The first-order chi connectivity index (χ1) is 14.7. The summed E-state index contributed by atoms with van der Waals surface area (Å²) in [5, 5.41) is 2.95.